The molecule has 1 aromatic heterocycles. The molecule has 6 heteroatoms. The maximum Gasteiger partial charge on any atom is 0.243 e. The first kappa shape index (κ1) is 12.5. The largest absolute Gasteiger partial charge is 0.370 e. The second-order valence-electron chi connectivity index (χ2n) is 3.32. The molecule has 1 aromatic rings. The van der Waals surface area contributed by atoms with Gasteiger partial charge >= 0.3 is 0 Å². The Morgan fingerprint density at radius 1 is 1.62 bits per heavy atom. The van der Waals surface area contributed by atoms with Gasteiger partial charge in [-0.25, -0.2) is 0 Å². The van der Waals surface area contributed by atoms with E-state index in [9.17, 15) is 4.79 Å². The van der Waals surface area contributed by atoms with Gasteiger partial charge in [-0.2, -0.15) is 0 Å². The van der Waals surface area contributed by atoms with Crippen LogP contribution in [-0.4, -0.2) is 35.6 Å². The van der Waals surface area contributed by atoms with Crippen molar-refractivity contribution in [2.24, 2.45) is 5.73 Å². The third-order valence-corrected chi connectivity index (χ3v) is 1.97. The Labute approximate surface area is 94.2 Å². The molecule has 0 saturated heterocycles. The Morgan fingerprint density at radius 2 is 2.44 bits per heavy atom. The zero-order chi connectivity index (χ0) is 11.8. The van der Waals surface area contributed by atoms with Crippen molar-refractivity contribution in [3.8, 4) is 0 Å². The molecule has 3 N–H and O–H groups in total. The Morgan fingerprint density at radius 3 is 3.06 bits per heavy atom. The summed E-state index contributed by atoms with van der Waals surface area (Å²) in [5.41, 5.74) is 5.80. The molecule has 1 unspecified atom stereocenters. The van der Waals surface area contributed by atoms with E-state index in [1.165, 1.54) is 0 Å². The minimum atomic E-state index is -0.457. The van der Waals surface area contributed by atoms with Crippen molar-refractivity contribution in [2.45, 2.75) is 13.0 Å². The molecule has 0 spiro atoms. The van der Waals surface area contributed by atoms with E-state index in [4.69, 9.17) is 10.5 Å². The molecular weight excluding hydrogens is 208 g/mol. The van der Waals surface area contributed by atoms with Gasteiger partial charge in [0.2, 0.25) is 5.91 Å². The first-order chi connectivity index (χ1) is 7.70. The fraction of sp³-hybridized carbons (Fsp3) is 0.500. The number of carbonyl (C=O) groups is 1. The van der Waals surface area contributed by atoms with Crippen molar-refractivity contribution < 1.29 is 9.53 Å². The number of nitrogens with zero attached hydrogens (tertiary/aromatic N) is 2. The molecule has 1 heterocycles. The number of ether oxygens (including phenoxy) is 1. The van der Waals surface area contributed by atoms with Gasteiger partial charge in [-0.05, 0) is 6.92 Å². The number of primary amides is 1. The van der Waals surface area contributed by atoms with Crippen LogP contribution in [0.15, 0.2) is 18.6 Å². The van der Waals surface area contributed by atoms with E-state index < -0.39 is 5.91 Å². The lowest BCUT2D eigenvalue weighted by Gasteiger charge is -2.12. The average Bonchev–Trinajstić information content (AvgIpc) is 2.29. The van der Waals surface area contributed by atoms with Gasteiger partial charge in [-0.1, -0.05) is 0 Å². The summed E-state index contributed by atoms with van der Waals surface area (Å²) in [7, 11) is 0. The number of hydrogen-bond acceptors (Lipinski definition) is 5. The molecule has 1 rings (SSSR count). The van der Waals surface area contributed by atoms with Crippen molar-refractivity contribution >= 4 is 5.91 Å². The monoisotopic (exact) mass is 224 g/mol. The maximum atomic E-state index is 10.4. The van der Waals surface area contributed by atoms with Gasteiger partial charge in [-0.15, -0.1) is 0 Å². The fourth-order valence-electron chi connectivity index (χ4n) is 1.16. The smallest absolute Gasteiger partial charge is 0.243 e. The van der Waals surface area contributed by atoms with Crippen LogP contribution in [-0.2, 0) is 9.53 Å². The number of amides is 1. The number of carbonyl (C=O) groups excluding carboxylic acids is 1. The van der Waals surface area contributed by atoms with E-state index in [0.717, 1.165) is 5.69 Å². The van der Waals surface area contributed by atoms with Crippen molar-refractivity contribution in [1.82, 2.24) is 15.3 Å². The van der Waals surface area contributed by atoms with Crippen LogP contribution < -0.4 is 11.1 Å². The average molecular weight is 224 g/mol. The predicted octanol–water partition coefficient (Wildman–Crippen LogP) is -0.371. The molecule has 0 bridgehead atoms. The zero-order valence-corrected chi connectivity index (χ0v) is 9.22. The Bertz CT molecular complexity index is 318. The summed E-state index contributed by atoms with van der Waals surface area (Å²) in [6.45, 7) is 3.01. The van der Waals surface area contributed by atoms with Crippen molar-refractivity contribution in [3.63, 3.8) is 0 Å². The number of hydrogen-bond donors (Lipinski definition) is 2. The minimum absolute atomic E-state index is 0.0405. The van der Waals surface area contributed by atoms with Crippen LogP contribution in [0.5, 0.6) is 0 Å². The van der Waals surface area contributed by atoms with Crippen molar-refractivity contribution in [3.05, 3.63) is 24.3 Å². The van der Waals surface area contributed by atoms with E-state index in [1.54, 1.807) is 18.6 Å². The second kappa shape index (κ2) is 6.86. The highest BCUT2D eigenvalue weighted by molar-refractivity contribution is 5.74. The van der Waals surface area contributed by atoms with Crippen LogP contribution in [0.3, 0.4) is 0 Å². The second-order valence-corrected chi connectivity index (χ2v) is 3.32. The zero-order valence-electron chi connectivity index (χ0n) is 9.22. The van der Waals surface area contributed by atoms with Gasteiger partial charge in [0.15, 0.2) is 0 Å². The number of aromatic nitrogens is 2. The standard InChI is InChI=1S/C10H16N4O2/c1-8(9-6-12-2-3-14-9)13-4-5-16-7-10(11)15/h2-3,6,8,13H,4-5,7H2,1H3,(H2,11,15). The number of rotatable bonds is 7. The third kappa shape index (κ3) is 4.81. The first-order valence-corrected chi connectivity index (χ1v) is 5.05. The van der Waals surface area contributed by atoms with E-state index in [1.807, 2.05) is 6.92 Å². The lowest BCUT2D eigenvalue weighted by atomic mass is 10.2. The summed E-state index contributed by atoms with van der Waals surface area (Å²) >= 11 is 0. The van der Waals surface area contributed by atoms with Gasteiger partial charge < -0.3 is 15.8 Å². The van der Waals surface area contributed by atoms with Gasteiger partial charge in [0, 0.05) is 31.2 Å². The summed E-state index contributed by atoms with van der Waals surface area (Å²) < 4.78 is 5.01. The molecule has 6 nitrogen and oxygen atoms in total. The van der Waals surface area contributed by atoms with E-state index in [-0.39, 0.29) is 12.6 Å². The topological polar surface area (TPSA) is 90.1 Å². The van der Waals surface area contributed by atoms with Crippen LogP contribution in [0.1, 0.15) is 18.7 Å². The summed E-state index contributed by atoms with van der Waals surface area (Å²) in [5, 5.41) is 3.19. The molecule has 1 amide bonds. The molecule has 0 aliphatic carbocycles. The molecule has 0 radical (unpaired) electrons. The van der Waals surface area contributed by atoms with E-state index in [2.05, 4.69) is 15.3 Å². The van der Waals surface area contributed by atoms with Crippen molar-refractivity contribution in [2.75, 3.05) is 19.8 Å². The molecule has 0 aliphatic rings. The summed E-state index contributed by atoms with van der Waals surface area (Å²) in [4.78, 5) is 18.5. The molecule has 0 aromatic carbocycles. The third-order valence-electron chi connectivity index (χ3n) is 1.97. The van der Waals surface area contributed by atoms with Crippen LogP contribution in [0.4, 0.5) is 0 Å². The van der Waals surface area contributed by atoms with Crippen LogP contribution >= 0.6 is 0 Å². The molecule has 88 valence electrons. The molecule has 0 aliphatic heterocycles. The van der Waals surface area contributed by atoms with Crippen molar-refractivity contribution in [1.29, 1.82) is 0 Å². The molecule has 1 atom stereocenters. The van der Waals surface area contributed by atoms with Gasteiger partial charge in [0.1, 0.15) is 6.61 Å². The van der Waals surface area contributed by atoms with E-state index >= 15 is 0 Å². The number of nitrogens with one attached hydrogen (secondary N) is 1. The summed E-state index contributed by atoms with van der Waals surface area (Å²) in [6, 6.07) is 0.103. The quantitative estimate of drug-likeness (QED) is 0.617. The maximum absolute atomic E-state index is 10.4. The molecule has 16 heavy (non-hydrogen) atoms. The highest BCUT2D eigenvalue weighted by Crippen LogP contribution is 2.05. The highest BCUT2D eigenvalue weighted by Gasteiger charge is 2.05. The van der Waals surface area contributed by atoms with E-state index in [0.29, 0.717) is 13.2 Å². The molecular formula is C10H16N4O2. The summed E-state index contributed by atoms with van der Waals surface area (Å²) in [6.07, 6.45) is 4.99. The van der Waals surface area contributed by atoms with Gasteiger partial charge in [-0.3, -0.25) is 14.8 Å². The Balaban J connectivity index is 2.16. The van der Waals surface area contributed by atoms with Gasteiger partial charge in [0.05, 0.1) is 12.3 Å². The van der Waals surface area contributed by atoms with Crippen LogP contribution in [0.2, 0.25) is 0 Å². The van der Waals surface area contributed by atoms with Crippen LogP contribution in [0, 0.1) is 0 Å². The lowest BCUT2D eigenvalue weighted by molar-refractivity contribution is -0.122. The lowest BCUT2D eigenvalue weighted by Crippen LogP contribution is -2.26. The normalized spacial score (nSPS) is 12.3. The predicted molar refractivity (Wildman–Crippen MR) is 58.5 cm³/mol. The molecule has 0 saturated carbocycles. The molecule has 0 fully saturated rings. The minimum Gasteiger partial charge on any atom is -0.370 e. The van der Waals surface area contributed by atoms with Gasteiger partial charge in [0.25, 0.3) is 0 Å². The first-order valence-electron chi connectivity index (χ1n) is 5.05. The van der Waals surface area contributed by atoms with Crippen LogP contribution in [0.25, 0.3) is 0 Å². The number of nitrogens with two attached hydrogens (primary N) is 1. The Kier molecular flexibility index (Phi) is 5.38. The summed E-state index contributed by atoms with van der Waals surface area (Å²) in [5.74, 6) is -0.457. The SMILES string of the molecule is CC(NCCOCC(N)=O)c1cnccn1. The Hall–Kier alpha value is -1.53. The fourth-order valence-corrected chi connectivity index (χ4v) is 1.16. The highest BCUT2D eigenvalue weighted by atomic mass is 16.5.